The summed E-state index contributed by atoms with van der Waals surface area (Å²) in [6.07, 6.45) is 2.62. The van der Waals surface area contributed by atoms with Crippen molar-refractivity contribution < 1.29 is 39.6 Å². The Balaban J connectivity index is 2.07. The van der Waals surface area contributed by atoms with E-state index >= 15 is 0 Å². The van der Waals surface area contributed by atoms with Crippen molar-refractivity contribution in [1.29, 1.82) is 0 Å². The predicted octanol–water partition coefficient (Wildman–Crippen LogP) is 0.655. The molecule has 0 saturated carbocycles. The number of rotatable bonds is 16. The lowest BCUT2D eigenvalue weighted by Gasteiger charge is -2.31. The first-order valence-corrected chi connectivity index (χ1v) is 14.4. The summed E-state index contributed by atoms with van der Waals surface area (Å²) in [7, 11) is 0. The van der Waals surface area contributed by atoms with Crippen molar-refractivity contribution in [3.8, 4) is 5.75 Å². The minimum Gasteiger partial charge on any atom is -0.508 e. The SMILES string of the molecule is CCCCCCCC(N)C(O)C(=O)NC(C(=O)N1CC(C)C[C@H]1C(=O)N[C@@H](Cc1ccc(O)cc1)C(=O)O)C(C)O. The van der Waals surface area contributed by atoms with Gasteiger partial charge in [-0.15, -0.1) is 0 Å². The van der Waals surface area contributed by atoms with Gasteiger partial charge in [-0.1, -0.05) is 58.1 Å². The van der Waals surface area contributed by atoms with Gasteiger partial charge in [-0.05, 0) is 43.4 Å². The number of aliphatic hydroxyl groups excluding tert-OH is 2. The van der Waals surface area contributed by atoms with E-state index in [1.54, 1.807) is 12.1 Å². The highest BCUT2D eigenvalue weighted by atomic mass is 16.4. The lowest BCUT2D eigenvalue weighted by atomic mass is 10.0. The van der Waals surface area contributed by atoms with Gasteiger partial charge in [-0.2, -0.15) is 0 Å². The van der Waals surface area contributed by atoms with Crippen LogP contribution < -0.4 is 16.4 Å². The van der Waals surface area contributed by atoms with Crippen LogP contribution >= 0.6 is 0 Å². The van der Waals surface area contributed by atoms with Gasteiger partial charge < -0.3 is 41.7 Å². The molecule has 230 valence electrons. The summed E-state index contributed by atoms with van der Waals surface area (Å²) in [4.78, 5) is 52.6. The second-order valence-corrected chi connectivity index (χ2v) is 11.2. The molecule has 1 heterocycles. The fourth-order valence-corrected chi connectivity index (χ4v) is 5.02. The Bertz CT molecular complexity index is 1020. The Morgan fingerprint density at radius 3 is 2.27 bits per heavy atom. The number of carbonyl (C=O) groups is 4. The number of nitrogens with one attached hydrogen (secondary N) is 2. The maximum atomic E-state index is 13.5. The van der Waals surface area contributed by atoms with E-state index in [4.69, 9.17) is 5.73 Å². The number of aromatic hydroxyl groups is 1. The number of benzene rings is 1. The molecular formula is C29H46N4O8. The Hall–Kier alpha value is -3.22. The Morgan fingerprint density at radius 1 is 1.05 bits per heavy atom. The van der Waals surface area contributed by atoms with Crippen LogP contribution in [0.25, 0.3) is 0 Å². The van der Waals surface area contributed by atoms with Crippen molar-refractivity contribution in [3.05, 3.63) is 29.8 Å². The fourth-order valence-electron chi connectivity index (χ4n) is 5.02. The highest BCUT2D eigenvalue weighted by Crippen LogP contribution is 2.25. The summed E-state index contributed by atoms with van der Waals surface area (Å²) in [6.45, 7) is 5.41. The number of hydrogen-bond donors (Lipinski definition) is 7. The van der Waals surface area contributed by atoms with Crippen LogP contribution in [-0.4, -0.2) is 91.9 Å². The predicted molar refractivity (Wildman–Crippen MR) is 152 cm³/mol. The van der Waals surface area contributed by atoms with Crippen molar-refractivity contribution in [2.24, 2.45) is 11.7 Å². The van der Waals surface area contributed by atoms with Gasteiger partial charge in [0.1, 0.15) is 30.0 Å². The average molecular weight is 579 g/mol. The maximum Gasteiger partial charge on any atom is 0.326 e. The number of nitrogens with two attached hydrogens (primary N) is 1. The number of unbranched alkanes of at least 4 members (excludes halogenated alkanes) is 4. The lowest BCUT2D eigenvalue weighted by molar-refractivity contribution is -0.147. The number of phenols is 1. The molecule has 3 amide bonds. The van der Waals surface area contributed by atoms with Crippen molar-refractivity contribution in [2.75, 3.05) is 6.54 Å². The molecule has 0 aromatic heterocycles. The molecule has 41 heavy (non-hydrogen) atoms. The molecule has 0 bridgehead atoms. The highest BCUT2D eigenvalue weighted by molar-refractivity contribution is 5.94. The average Bonchev–Trinajstić information content (AvgIpc) is 3.32. The molecule has 5 unspecified atom stereocenters. The number of carboxylic acid groups (broad SMARTS) is 1. The van der Waals surface area contributed by atoms with Crippen LogP contribution in [0.4, 0.5) is 0 Å². The molecule has 7 atom stereocenters. The molecule has 0 aliphatic carbocycles. The third-order valence-corrected chi connectivity index (χ3v) is 7.45. The van der Waals surface area contributed by atoms with Gasteiger partial charge >= 0.3 is 5.97 Å². The van der Waals surface area contributed by atoms with Crippen LogP contribution in [-0.2, 0) is 25.6 Å². The fraction of sp³-hybridized carbons (Fsp3) is 0.655. The van der Waals surface area contributed by atoms with Gasteiger partial charge in [0.25, 0.3) is 5.91 Å². The summed E-state index contributed by atoms with van der Waals surface area (Å²) in [5.41, 5.74) is 6.60. The first kappa shape index (κ1) is 34.0. The number of carboxylic acids is 1. The first-order valence-electron chi connectivity index (χ1n) is 14.4. The van der Waals surface area contributed by atoms with Crippen molar-refractivity contribution >= 4 is 23.7 Å². The highest BCUT2D eigenvalue weighted by Gasteiger charge is 2.43. The maximum absolute atomic E-state index is 13.5. The third-order valence-electron chi connectivity index (χ3n) is 7.45. The largest absolute Gasteiger partial charge is 0.508 e. The Morgan fingerprint density at radius 2 is 1.68 bits per heavy atom. The van der Waals surface area contributed by atoms with Crippen LogP contribution in [0.1, 0.15) is 71.3 Å². The molecule has 12 nitrogen and oxygen atoms in total. The number of aliphatic hydroxyl groups is 2. The Labute approximate surface area is 241 Å². The van der Waals surface area contributed by atoms with E-state index in [9.17, 15) is 39.6 Å². The van der Waals surface area contributed by atoms with E-state index in [0.29, 0.717) is 12.0 Å². The van der Waals surface area contributed by atoms with Gasteiger partial charge in [0, 0.05) is 19.0 Å². The summed E-state index contributed by atoms with van der Waals surface area (Å²) in [5, 5.41) is 44.9. The number of amides is 3. The van der Waals surface area contributed by atoms with Crippen LogP contribution in [0, 0.1) is 5.92 Å². The monoisotopic (exact) mass is 578 g/mol. The standard InChI is InChI=1S/C29H46N4O8/c1-4-5-6-7-8-9-21(30)25(36)27(38)32-24(18(3)34)28(39)33-16-17(2)14-23(33)26(37)31-22(29(40)41)15-19-10-12-20(35)13-11-19/h10-13,17-18,21-25,34-36H,4-9,14-16,30H2,1-3H3,(H,31,37)(H,32,38)(H,40,41)/t17?,18?,21?,22-,23-,24?,25?/m0/s1. The van der Waals surface area contributed by atoms with Crippen LogP contribution in [0.2, 0.25) is 0 Å². The van der Waals surface area contributed by atoms with Crippen LogP contribution in [0.5, 0.6) is 5.75 Å². The van der Waals surface area contributed by atoms with Crippen LogP contribution in [0.15, 0.2) is 24.3 Å². The molecule has 1 fully saturated rings. The zero-order chi connectivity index (χ0) is 30.7. The quantitative estimate of drug-likeness (QED) is 0.137. The number of carbonyl (C=O) groups excluding carboxylic acids is 3. The number of phenolic OH excluding ortho intramolecular Hbond substituents is 1. The lowest BCUT2D eigenvalue weighted by Crippen LogP contribution is -2.60. The second kappa shape index (κ2) is 16.3. The molecule has 1 aliphatic heterocycles. The molecule has 1 aromatic carbocycles. The van der Waals surface area contributed by atoms with Gasteiger partial charge in [0.2, 0.25) is 11.8 Å². The van der Waals surface area contributed by atoms with E-state index in [2.05, 4.69) is 17.6 Å². The van der Waals surface area contributed by atoms with Gasteiger partial charge in [-0.3, -0.25) is 14.4 Å². The summed E-state index contributed by atoms with van der Waals surface area (Å²) >= 11 is 0. The van der Waals surface area contributed by atoms with Gasteiger partial charge in [0.15, 0.2) is 0 Å². The summed E-state index contributed by atoms with van der Waals surface area (Å²) in [5.74, 6) is -3.63. The molecule has 0 radical (unpaired) electrons. The smallest absolute Gasteiger partial charge is 0.326 e. The van der Waals surface area contributed by atoms with Crippen molar-refractivity contribution in [1.82, 2.24) is 15.5 Å². The van der Waals surface area contributed by atoms with Crippen LogP contribution in [0.3, 0.4) is 0 Å². The molecule has 1 aromatic rings. The minimum atomic E-state index is -1.58. The Kier molecular flexibility index (Phi) is 13.5. The summed E-state index contributed by atoms with van der Waals surface area (Å²) < 4.78 is 0. The molecule has 1 saturated heterocycles. The van der Waals surface area contributed by atoms with E-state index < -0.39 is 60.1 Å². The number of likely N-dealkylation sites (tertiary alicyclic amines) is 1. The van der Waals surface area contributed by atoms with E-state index in [1.165, 1.54) is 24.0 Å². The number of nitrogens with zero attached hydrogens (tertiary/aromatic N) is 1. The molecule has 12 heteroatoms. The molecule has 8 N–H and O–H groups in total. The minimum absolute atomic E-state index is 0.0235. The zero-order valence-electron chi connectivity index (χ0n) is 24.2. The molecule has 2 rings (SSSR count). The van der Waals surface area contributed by atoms with Gasteiger partial charge in [-0.25, -0.2) is 4.79 Å². The topological polar surface area (TPSA) is 203 Å². The first-order chi connectivity index (χ1) is 19.3. The molecular weight excluding hydrogens is 532 g/mol. The second-order valence-electron chi connectivity index (χ2n) is 11.2. The molecule has 1 aliphatic rings. The summed E-state index contributed by atoms with van der Waals surface area (Å²) in [6, 6.07) is 1.34. The normalized spacial score (nSPS) is 20.5. The van der Waals surface area contributed by atoms with Crippen molar-refractivity contribution in [3.63, 3.8) is 0 Å². The van der Waals surface area contributed by atoms with Crippen molar-refractivity contribution in [2.45, 2.75) is 109 Å². The van der Waals surface area contributed by atoms with E-state index in [1.807, 2.05) is 6.92 Å². The van der Waals surface area contributed by atoms with Gasteiger partial charge in [0.05, 0.1) is 6.10 Å². The van der Waals surface area contributed by atoms with E-state index in [0.717, 1.165) is 32.1 Å². The number of aliphatic carboxylic acids is 1. The zero-order valence-corrected chi connectivity index (χ0v) is 24.2. The number of hydrogen-bond acceptors (Lipinski definition) is 8. The molecule has 0 spiro atoms. The van der Waals surface area contributed by atoms with E-state index in [-0.39, 0.29) is 31.1 Å². The third kappa shape index (κ3) is 10.3.